The van der Waals surface area contributed by atoms with Gasteiger partial charge in [0.25, 0.3) is 0 Å². The van der Waals surface area contributed by atoms with Crippen molar-refractivity contribution in [3.63, 3.8) is 0 Å². The van der Waals surface area contributed by atoms with E-state index in [4.69, 9.17) is 4.74 Å². The molecule has 1 spiro atoms. The van der Waals surface area contributed by atoms with E-state index in [1.807, 2.05) is 0 Å². The lowest BCUT2D eigenvalue weighted by Gasteiger charge is -2.46. The number of rotatable bonds is 4. The van der Waals surface area contributed by atoms with E-state index in [-0.39, 0.29) is 12.6 Å². The van der Waals surface area contributed by atoms with E-state index in [0.29, 0.717) is 51.6 Å². The van der Waals surface area contributed by atoms with Crippen LogP contribution in [0.15, 0.2) is 0 Å². The van der Waals surface area contributed by atoms with Crippen molar-refractivity contribution in [2.75, 3.05) is 13.2 Å². The molecular formula is C15H26O5. The minimum absolute atomic E-state index is 0.0447. The number of hydrogen-bond acceptors (Lipinski definition) is 5. The number of hydrogen-bond donors (Lipinski definition) is 3. The standard InChI is InChI=1S/C15H26O5/c1-2-20-13(19)14(9-10-16)5-7-15(8-6-14)11(17)3-4-12(15)18/h11-12,16-18H,2-10H2,1H3. The molecule has 0 heterocycles. The number of aliphatic hydroxyl groups excluding tert-OH is 3. The first kappa shape index (κ1) is 15.7. The van der Waals surface area contributed by atoms with Gasteiger partial charge in [0, 0.05) is 12.0 Å². The van der Waals surface area contributed by atoms with Crippen LogP contribution in [0.1, 0.15) is 51.9 Å². The molecule has 0 aromatic rings. The quantitative estimate of drug-likeness (QED) is 0.671. The third-order valence-corrected chi connectivity index (χ3v) is 5.48. The number of esters is 1. The topological polar surface area (TPSA) is 87.0 Å². The van der Waals surface area contributed by atoms with Gasteiger partial charge in [-0.05, 0) is 51.9 Å². The van der Waals surface area contributed by atoms with Gasteiger partial charge in [-0.25, -0.2) is 0 Å². The molecule has 0 radical (unpaired) electrons. The summed E-state index contributed by atoms with van der Waals surface area (Å²) in [6.45, 7) is 2.07. The molecule has 2 aliphatic carbocycles. The lowest BCUT2D eigenvalue weighted by molar-refractivity contribution is -0.164. The van der Waals surface area contributed by atoms with Gasteiger partial charge in [-0.3, -0.25) is 4.79 Å². The minimum Gasteiger partial charge on any atom is -0.466 e. The highest BCUT2D eigenvalue weighted by atomic mass is 16.5. The van der Waals surface area contributed by atoms with Crippen molar-refractivity contribution < 1.29 is 24.9 Å². The zero-order chi connectivity index (χ0) is 14.8. The first-order valence-electron chi connectivity index (χ1n) is 7.65. The van der Waals surface area contributed by atoms with Crippen LogP contribution in [0.3, 0.4) is 0 Å². The summed E-state index contributed by atoms with van der Waals surface area (Å²) in [5.41, 5.74) is -1.09. The third-order valence-electron chi connectivity index (χ3n) is 5.48. The average molecular weight is 286 g/mol. The molecule has 0 amide bonds. The van der Waals surface area contributed by atoms with Gasteiger partial charge in [0.05, 0.1) is 24.2 Å². The normalized spacial score (nSPS) is 41.0. The van der Waals surface area contributed by atoms with E-state index < -0.39 is 23.0 Å². The summed E-state index contributed by atoms with van der Waals surface area (Å²) in [6.07, 6.45) is 3.08. The maximum Gasteiger partial charge on any atom is 0.312 e. The lowest BCUT2D eigenvalue weighted by atomic mass is 9.60. The Morgan fingerprint density at radius 3 is 2.15 bits per heavy atom. The first-order chi connectivity index (χ1) is 9.50. The van der Waals surface area contributed by atoms with Crippen LogP contribution in [0.2, 0.25) is 0 Å². The van der Waals surface area contributed by atoms with Gasteiger partial charge in [-0.1, -0.05) is 0 Å². The molecule has 3 N–H and O–H groups in total. The molecule has 0 saturated heterocycles. The maximum absolute atomic E-state index is 12.2. The Morgan fingerprint density at radius 1 is 1.15 bits per heavy atom. The second-order valence-electron chi connectivity index (χ2n) is 6.32. The fourth-order valence-corrected chi connectivity index (χ4v) is 4.03. The Hall–Kier alpha value is -0.650. The third kappa shape index (κ3) is 2.47. The average Bonchev–Trinajstić information content (AvgIpc) is 2.71. The molecule has 2 saturated carbocycles. The van der Waals surface area contributed by atoms with Crippen LogP contribution in [0.25, 0.3) is 0 Å². The molecule has 0 aliphatic heterocycles. The largest absolute Gasteiger partial charge is 0.466 e. The van der Waals surface area contributed by atoms with Crippen LogP contribution < -0.4 is 0 Å². The maximum atomic E-state index is 12.2. The number of carbonyl (C=O) groups excluding carboxylic acids is 1. The van der Waals surface area contributed by atoms with Gasteiger partial charge in [0.1, 0.15) is 0 Å². The van der Waals surface area contributed by atoms with Crippen LogP contribution in [-0.2, 0) is 9.53 Å². The molecule has 20 heavy (non-hydrogen) atoms. The van der Waals surface area contributed by atoms with Crippen molar-refractivity contribution in [2.45, 2.75) is 64.1 Å². The number of ether oxygens (including phenoxy) is 1. The van der Waals surface area contributed by atoms with Crippen LogP contribution in [0.5, 0.6) is 0 Å². The predicted molar refractivity (Wildman–Crippen MR) is 72.9 cm³/mol. The molecular weight excluding hydrogens is 260 g/mol. The van der Waals surface area contributed by atoms with E-state index in [0.717, 1.165) is 0 Å². The molecule has 0 aromatic carbocycles. The van der Waals surface area contributed by atoms with Crippen molar-refractivity contribution in [1.29, 1.82) is 0 Å². The highest BCUT2D eigenvalue weighted by molar-refractivity contribution is 5.77. The summed E-state index contributed by atoms with van der Waals surface area (Å²) in [4.78, 5) is 12.2. The smallest absolute Gasteiger partial charge is 0.312 e. The molecule has 5 nitrogen and oxygen atoms in total. The zero-order valence-electron chi connectivity index (χ0n) is 12.2. The molecule has 5 heteroatoms. The lowest BCUT2D eigenvalue weighted by Crippen LogP contribution is -2.48. The highest BCUT2D eigenvalue weighted by Crippen LogP contribution is 2.55. The SMILES string of the molecule is CCOC(=O)C1(CCO)CCC2(CC1)C(O)CCC2O. The van der Waals surface area contributed by atoms with Gasteiger partial charge in [0.15, 0.2) is 0 Å². The molecule has 0 bridgehead atoms. The Kier molecular flexibility index (Phi) is 4.72. The van der Waals surface area contributed by atoms with E-state index in [1.54, 1.807) is 6.92 Å². The van der Waals surface area contributed by atoms with Crippen molar-refractivity contribution >= 4 is 5.97 Å². The van der Waals surface area contributed by atoms with E-state index in [2.05, 4.69) is 0 Å². The molecule has 2 unspecified atom stereocenters. The molecule has 2 rings (SSSR count). The summed E-state index contributed by atoms with van der Waals surface area (Å²) in [7, 11) is 0. The summed E-state index contributed by atoms with van der Waals surface area (Å²) < 4.78 is 5.17. The molecule has 0 aromatic heterocycles. The van der Waals surface area contributed by atoms with Gasteiger partial charge >= 0.3 is 5.97 Å². The van der Waals surface area contributed by atoms with Crippen molar-refractivity contribution in [3.8, 4) is 0 Å². The Balaban J connectivity index is 2.12. The summed E-state index contributed by atoms with van der Waals surface area (Å²) in [5.74, 6) is -0.245. The van der Waals surface area contributed by atoms with Crippen molar-refractivity contribution in [1.82, 2.24) is 0 Å². The van der Waals surface area contributed by atoms with Gasteiger partial charge in [-0.15, -0.1) is 0 Å². The van der Waals surface area contributed by atoms with Gasteiger partial charge in [0.2, 0.25) is 0 Å². The van der Waals surface area contributed by atoms with E-state index in [9.17, 15) is 20.1 Å². The monoisotopic (exact) mass is 286 g/mol. The molecule has 116 valence electrons. The van der Waals surface area contributed by atoms with E-state index >= 15 is 0 Å². The molecule has 2 atom stereocenters. The van der Waals surface area contributed by atoms with E-state index in [1.165, 1.54) is 0 Å². The second kappa shape index (κ2) is 6.00. The first-order valence-corrected chi connectivity index (χ1v) is 7.65. The Bertz CT molecular complexity index is 334. The van der Waals surface area contributed by atoms with Crippen LogP contribution in [-0.4, -0.2) is 46.7 Å². The zero-order valence-corrected chi connectivity index (χ0v) is 12.2. The van der Waals surface area contributed by atoms with Gasteiger partial charge < -0.3 is 20.1 Å². The highest BCUT2D eigenvalue weighted by Gasteiger charge is 2.55. The van der Waals surface area contributed by atoms with Crippen molar-refractivity contribution in [2.24, 2.45) is 10.8 Å². The Labute approximate surface area is 119 Å². The minimum atomic E-state index is -0.641. The Morgan fingerprint density at radius 2 is 1.70 bits per heavy atom. The second-order valence-corrected chi connectivity index (χ2v) is 6.32. The summed E-state index contributed by atoms with van der Waals surface area (Å²) in [5, 5.41) is 29.6. The number of carbonyl (C=O) groups is 1. The van der Waals surface area contributed by atoms with Crippen LogP contribution >= 0.6 is 0 Å². The fourth-order valence-electron chi connectivity index (χ4n) is 4.03. The molecule has 2 fully saturated rings. The van der Waals surface area contributed by atoms with Gasteiger partial charge in [-0.2, -0.15) is 0 Å². The molecule has 2 aliphatic rings. The summed E-state index contributed by atoms with van der Waals surface area (Å²) in [6, 6.07) is 0. The number of aliphatic hydroxyl groups is 3. The van der Waals surface area contributed by atoms with Crippen molar-refractivity contribution in [3.05, 3.63) is 0 Å². The summed E-state index contributed by atoms with van der Waals surface area (Å²) >= 11 is 0. The van der Waals surface area contributed by atoms with Crippen LogP contribution in [0, 0.1) is 10.8 Å². The predicted octanol–water partition coefficient (Wildman–Crippen LogP) is 0.994. The fraction of sp³-hybridized carbons (Fsp3) is 0.933. The van der Waals surface area contributed by atoms with Crippen LogP contribution in [0.4, 0.5) is 0 Å².